The Morgan fingerprint density at radius 2 is 1.68 bits per heavy atom. The molecule has 0 aliphatic rings. The standard InChI is InChI=1S/C15H20O7/c1-17-9-21-12-7-5-11(6-8-13(16)19-3)14(20-4)15(12)22-10-18-2/h5-8H,9-10H2,1-4H3/b8-6+. The molecule has 0 amide bonds. The number of carbonyl (C=O) groups is 1. The van der Waals surface area contributed by atoms with Crippen LogP contribution in [0.25, 0.3) is 6.08 Å². The minimum absolute atomic E-state index is 0.0177. The van der Waals surface area contributed by atoms with E-state index in [2.05, 4.69) is 4.74 Å². The first kappa shape index (κ1) is 17.8. The molecule has 1 aromatic rings. The summed E-state index contributed by atoms with van der Waals surface area (Å²) >= 11 is 0. The molecular weight excluding hydrogens is 292 g/mol. The average molecular weight is 312 g/mol. The van der Waals surface area contributed by atoms with Crippen LogP contribution in [0, 0.1) is 0 Å². The summed E-state index contributed by atoms with van der Waals surface area (Å²) in [4.78, 5) is 11.2. The van der Waals surface area contributed by atoms with Crippen molar-refractivity contribution in [3.8, 4) is 17.2 Å². The van der Waals surface area contributed by atoms with Gasteiger partial charge in [0.15, 0.2) is 25.1 Å². The van der Waals surface area contributed by atoms with Crippen LogP contribution in [0.15, 0.2) is 18.2 Å². The number of ether oxygens (including phenoxy) is 6. The van der Waals surface area contributed by atoms with E-state index in [0.29, 0.717) is 22.8 Å². The molecule has 0 saturated carbocycles. The summed E-state index contributed by atoms with van der Waals surface area (Å²) in [6.45, 7) is 0.0771. The molecule has 0 spiro atoms. The lowest BCUT2D eigenvalue weighted by atomic mass is 10.1. The Labute approximate surface area is 129 Å². The molecular formula is C15H20O7. The van der Waals surface area contributed by atoms with Crippen molar-refractivity contribution in [2.75, 3.05) is 42.0 Å². The molecule has 1 rings (SSSR count). The molecule has 0 aliphatic heterocycles. The second-order valence-electron chi connectivity index (χ2n) is 3.97. The molecule has 0 aliphatic carbocycles. The zero-order valence-electron chi connectivity index (χ0n) is 13.1. The molecule has 0 atom stereocenters. The van der Waals surface area contributed by atoms with Crippen LogP contribution in [-0.4, -0.2) is 48.0 Å². The fraction of sp³-hybridized carbons (Fsp3) is 0.400. The number of hydrogen-bond acceptors (Lipinski definition) is 7. The van der Waals surface area contributed by atoms with E-state index in [9.17, 15) is 4.79 Å². The van der Waals surface area contributed by atoms with E-state index in [1.165, 1.54) is 34.5 Å². The van der Waals surface area contributed by atoms with Crippen molar-refractivity contribution < 1.29 is 33.2 Å². The first-order valence-electron chi connectivity index (χ1n) is 6.38. The van der Waals surface area contributed by atoms with E-state index in [0.717, 1.165) is 0 Å². The molecule has 1 aromatic carbocycles. The number of esters is 1. The van der Waals surface area contributed by atoms with Crippen LogP contribution in [0.2, 0.25) is 0 Å². The van der Waals surface area contributed by atoms with Crippen molar-refractivity contribution in [1.82, 2.24) is 0 Å². The monoisotopic (exact) mass is 312 g/mol. The predicted molar refractivity (Wildman–Crippen MR) is 79.1 cm³/mol. The summed E-state index contributed by atoms with van der Waals surface area (Å²) in [6.07, 6.45) is 2.85. The third kappa shape index (κ3) is 4.94. The van der Waals surface area contributed by atoms with Gasteiger partial charge in [-0.1, -0.05) is 0 Å². The molecule has 7 nitrogen and oxygen atoms in total. The summed E-state index contributed by atoms with van der Waals surface area (Å²) < 4.78 is 30.6. The molecule has 0 fully saturated rings. The third-order valence-corrected chi connectivity index (χ3v) is 2.56. The van der Waals surface area contributed by atoms with Gasteiger partial charge >= 0.3 is 5.97 Å². The second-order valence-corrected chi connectivity index (χ2v) is 3.97. The Bertz CT molecular complexity index is 511. The lowest BCUT2D eigenvalue weighted by Crippen LogP contribution is -2.06. The van der Waals surface area contributed by atoms with E-state index in [-0.39, 0.29) is 13.6 Å². The van der Waals surface area contributed by atoms with Gasteiger partial charge in [-0.25, -0.2) is 4.79 Å². The van der Waals surface area contributed by atoms with Gasteiger partial charge in [-0.3, -0.25) is 0 Å². The van der Waals surface area contributed by atoms with Gasteiger partial charge in [-0.05, 0) is 18.2 Å². The topological polar surface area (TPSA) is 72.5 Å². The second kappa shape index (κ2) is 9.64. The highest BCUT2D eigenvalue weighted by Gasteiger charge is 2.16. The maximum absolute atomic E-state index is 11.2. The molecule has 0 bridgehead atoms. The fourth-order valence-corrected chi connectivity index (χ4v) is 1.62. The van der Waals surface area contributed by atoms with Crippen LogP contribution < -0.4 is 14.2 Å². The Morgan fingerprint density at radius 1 is 1.00 bits per heavy atom. The molecule has 7 heteroatoms. The van der Waals surface area contributed by atoms with Crippen molar-refractivity contribution in [2.24, 2.45) is 0 Å². The van der Waals surface area contributed by atoms with Crippen LogP contribution >= 0.6 is 0 Å². The molecule has 0 unspecified atom stereocenters. The summed E-state index contributed by atoms with van der Waals surface area (Å²) in [7, 11) is 5.81. The van der Waals surface area contributed by atoms with Crippen molar-refractivity contribution in [1.29, 1.82) is 0 Å². The fourth-order valence-electron chi connectivity index (χ4n) is 1.62. The van der Waals surface area contributed by atoms with Crippen LogP contribution in [0.5, 0.6) is 17.2 Å². The Balaban J connectivity index is 3.18. The average Bonchev–Trinajstić information content (AvgIpc) is 2.55. The van der Waals surface area contributed by atoms with Crippen LogP contribution in [0.4, 0.5) is 0 Å². The summed E-state index contributed by atoms with van der Waals surface area (Å²) in [6, 6.07) is 3.41. The molecule has 122 valence electrons. The van der Waals surface area contributed by atoms with Crippen LogP contribution in [0.3, 0.4) is 0 Å². The molecule has 0 N–H and O–H groups in total. The largest absolute Gasteiger partial charge is 0.492 e. The number of methoxy groups -OCH3 is 4. The van der Waals surface area contributed by atoms with Crippen LogP contribution in [-0.2, 0) is 19.0 Å². The van der Waals surface area contributed by atoms with E-state index in [1.54, 1.807) is 18.2 Å². The molecule has 22 heavy (non-hydrogen) atoms. The first-order valence-corrected chi connectivity index (χ1v) is 6.38. The van der Waals surface area contributed by atoms with Crippen LogP contribution in [0.1, 0.15) is 5.56 Å². The summed E-state index contributed by atoms with van der Waals surface area (Å²) in [5, 5.41) is 0. The van der Waals surface area contributed by atoms with Gasteiger partial charge in [0.25, 0.3) is 0 Å². The third-order valence-electron chi connectivity index (χ3n) is 2.56. The van der Waals surface area contributed by atoms with E-state index < -0.39 is 5.97 Å². The highest BCUT2D eigenvalue weighted by molar-refractivity contribution is 5.88. The number of hydrogen-bond donors (Lipinski definition) is 0. The van der Waals surface area contributed by atoms with Crippen molar-refractivity contribution in [2.45, 2.75) is 0 Å². The normalized spacial score (nSPS) is 10.5. The smallest absolute Gasteiger partial charge is 0.330 e. The van der Waals surface area contributed by atoms with Crippen molar-refractivity contribution >= 4 is 12.0 Å². The SMILES string of the molecule is COCOc1ccc(/C=C/C(=O)OC)c(OC)c1OCOC. The zero-order valence-corrected chi connectivity index (χ0v) is 13.1. The molecule has 0 saturated heterocycles. The Hall–Kier alpha value is -2.25. The molecule has 0 heterocycles. The van der Waals surface area contributed by atoms with Gasteiger partial charge < -0.3 is 28.4 Å². The van der Waals surface area contributed by atoms with E-state index in [1.807, 2.05) is 0 Å². The number of carbonyl (C=O) groups excluding carboxylic acids is 1. The number of rotatable bonds is 9. The predicted octanol–water partition coefficient (Wildman–Crippen LogP) is 1.85. The minimum Gasteiger partial charge on any atom is -0.492 e. The maximum atomic E-state index is 11.2. The van der Waals surface area contributed by atoms with E-state index in [4.69, 9.17) is 23.7 Å². The van der Waals surface area contributed by atoms with Crippen molar-refractivity contribution in [3.63, 3.8) is 0 Å². The lowest BCUT2D eigenvalue weighted by molar-refractivity contribution is -0.134. The minimum atomic E-state index is -0.471. The van der Waals surface area contributed by atoms with E-state index >= 15 is 0 Å². The zero-order chi connectivity index (χ0) is 16.4. The Kier molecular flexibility index (Phi) is 7.80. The van der Waals surface area contributed by atoms with Gasteiger partial charge in [0.2, 0.25) is 5.75 Å². The molecule has 0 aromatic heterocycles. The number of benzene rings is 1. The summed E-state index contributed by atoms with van der Waals surface area (Å²) in [5.41, 5.74) is 0.628. The van der Waals surface area contributed by atoms with Gasteiger partial charge in [0.1, 0.15) is 0 Å². The van der Waals surface area contributed by atoms with Gasteiger partial charge in [-0.2, -0.15) is 0 Å². The van der Waals surface area contributed by atoms with Gasteiger partial charge in [-0.15, -0.1) is 0 Å². The lowest BCUT2D eigenvalue weighted by Gasteiger charge is -2.16. The highest BCUT2D eigenvalue weighted by Crippen LogP contribution is 2.40. The van der Waals surface area contributed by atoms with Gasteiger partial charge in [0.05, 0.1) is 14.2 Å². The Morgan fingerprint density at radius 3 is 2.27 bits per heavy atom. The molecule has 0 radical (unpaired) electrons. The quantitative estimate of drug-likeness (QED) is 0.391. The van der Waals surface area contributed by atoms with Crippen molar-refractivity contribution in [3.05, 3.63) is 23.8 Å². The first-order chi connectivity index (χ1) is 10.7. The summed E-state index contributed by atoms with van der Waals surface area (Å²) in [5.74, 6) is 0.728. The highest BCUT2D eigenvalue weighted by atomic mass is 16.7. The maximum Gasteiger partial charge on any atom is 0.330 e. The van der Waals surface area contributed by atoms with Gasteiger partial charge in [0, 0.05) is 25.9 Å².